The van der Waals surface area contributed by atoms with Crippen molar-refractivity contribution in [2.24, 2.45) is 0 Å². The molecule has 0 aromatic heterocycles. The molecule has 5 heteroatoms. The molecule has 0 aliphatic heterocycles. The maximum Gasteiger partial charge on any atom is 0.126 e. The SMILES string of the molecule is COc1ccc(C(CCN(C)C(C)(C)C)c2ccc(OC)cc2OC)c(OC)c1. The summed E-state index contributed by atoms with van der Waals surface area (Å²) in [4.78, 5) is 2.37. The lowest BCUT2D eigenvalue weighted by Gasteiger charge is -2.33. The summed E-state index contributed by atoms with van der Waals surface area (Å²) < 4.78 is 22.2. The lowest BCUT2D eigenvalue weighted by Crippen LogP contribution is -2.39. The molecule has 160 valence electrons. The summed E-state index contributed by atoms with van der Waals surface area (Å²) in [5, 5.41) is 0. The van der Waals surface area contributed by atoms with E-state index in [1.807, 2.05) is 24.3 Å². The third-order valence-corrected chi connectivity index (χ3v) is 5.53. The molecule has 0 aliphatic rings. The van der Waals surface area contributed by atoms with Crippen LogP contribution in [0.1, 0.15) is 44.2 Å². The van der Waals surface area contributed by atoms with Crippen molar-refractivity contribution in [3.05, 3.63) is 47.5 Å². The minimum absolute atomic E-state index is 0.0958. The van der Waals surface area contributed by atoms with Crippen LogP contribution in [-0.4, -0.2) is 52.5 Å². The van der Waals surface area contributed by atoms with Gasteiger partial charge in [-0.05, 0) is 52.9 Å². The Kier molecular flexibility index (Phi) is 7.80. The van der Waals surface area contributed by atoms with Crippen molar-refractivity contribution in [2.45, 2.75) is 38.6 Å². The van der Waals surface area contributed by atoms with Crippen molar-refractivity contribution in [2.75, 3.05) is 42.0 Å². The first-order valence-corrected chi connectivity index (χ1v) is 9.90. The number of methoxy groups -OCH3 is 4. The molecule has 0 aliphatic carbocycles. The number of rotatable bonds is 9. The summed E-state index contributed by atoms with van der Waals surface area (Å²) in [5.41, 5.74) is 2.32. The summed E-state index contributed by atoms with van der Waals surface area (Å²) in [6.45, 7) is 7.61. The average Bonchev–Trinajstić information content (AvgIpc) is 2.72. The quantitative estimate of drug-likeness (QED) is 0.593. The van der Waals surface area contributed by atoms with Crippen LogP contribution in [0.4, 0.5) is 0 Å². The highest BCUT2D eigenvalue weighted by Gasteiger charge is 2.25. The molecule has 0 unspecified atom stereocenters. The molecule has 2 rings (SSSR count). The van der Waals surface area contributed by atoms with Gasteiger partial charge in [-0.3, -0.25) is 0 Å². The Labute approximate surface area is 175 Å². The lowest BCUT2D eigenvalue weighted by molar-refractivity contribution is 0.171. The molecule has 0 saturated carbocycles. The van der Waals surface area contributed by atoms with Crippen molar-refractivity contribution >= 4 is 0 Å². The third kappa shape index (κ3) is 5.57. The van der Waals surface area contributed by atoms with Crippen LogP contribution >= 0.6 is 0 Å². The smallest absolute Gasteiger partial charge is 0.126 e. The predicted molar refractivity (Wildman–Crippen MR) is 118 cm³/mol. The summed E-state index contributed by atoms with van der Waals surface area (Å²) in [7, 11) is 8.88. The minimum Gasteiger partial charge on any atom is -0.497 e. The predicted octanol–water partition coefficient (Wildman–Crippen LogP) is 4.97. The summed E-state index contributed by atoms with van der Waals surface area (Å²) in [5.74, 6) is 3.27. The van der Waals surface area contributed by atoms with E-state index in [1.165, 1.54) is 0 Å². The fourth-order valence-corrected chi connectivity index (χ4v) is 3.35. The Morgan fingerprint density at radius 1 is 0.759 bits per heavy atom. The zero-order chi connectivity index (χ0) is 21.6. The second-order valence-corrected chi connectivity index (χ2v) is 8.15. The van der Waals surface area contributed by atoms with Gasteiger partial charge in [0.15, 0.2) is 0 Å². The molecule has 0 saturated heterocycles. The van der Waals surface area contributed by atoms with E-state index in [0.717, 1.165) is 47.1 Å². The number of benzene rings is 2. The second kappa shape index (κ2) is 9.88. The van der Waals surface area contributed by atoms with Gasteiger partial charge in [-0.15, -0.1) is 0 Å². The topological polar surface area (TPSA) is 40.2 Å². The van der Waals surface area contributed by atoms with Gasteiger partial charge in [-0.1, -0.05) is 12.1 Å². The van der Waals surface area contributed by atoms with Crippen LogP contribution in [0, 0.1) is 0 Å². The van der Waals surface area contributed by atoms with E-state index >= 15 is 0 Å². The van der Waals surface area contributed by atoms with Crippen molar-refractivity contribution < 1.29 is 18.9 Å². The van der Waals surface area contributed by atoms with Gasteiger partial charge in [-0.2, -0.15) is 0 Å². The van der Waals surface area contributed by atoms with Crippen molar-refractivity contribution in [3.8, 4) is 23.0 Å². The van der Waals surface area contributed by atoms with Crippen LogP contribution in [0.15, 0.2) is 36.4 Å². The monoisotopic (exact) mass is 401 g/mol. The summed E-state index contributed by atoms with van der Waals surface area (Å²) >= 11 is 0. The van der Waals surface area contributed by atoms with Gasteiger partial charge in [0.05, 0.1) is 28.4 Å². The van der Waals surface area contributed by atoms with Crippen LogP contribution in [0.25, 0.3) is 0 Å². The van der Waals surface area contributed by atoms with E-state index in [2.05, 4.69) is 44.9 Å². The second-order valence-electron chi connectivity index (χ2n) is 8.15. The third-order valence-electron chi connectivity index (χ3n) is 5.53. The van der Waals surface area contributed by atoms with Crippen LogP contribution in [0.3, 0.4) is 0 Å². The van der Waals surface area contributed by atoms with Crippen LogP contribution in [-0.2, 0) is 0 Å². The fourth-order valence-electron chi connectivity index (χ4n) is 3.35. The molecule has 2 aromatic rings. The highest BCUT2D eigenvalue weighted by atomic mass is 16.5. The van der Waals surface area contributed by atoms with Crippen LogP contribution < -0.4 is 18.9 Å². The molecule has 0 bridgehead atoms. The number of ether oxygens (including phenoxy) is 4. The Morgan fingerprint density at radius 3 is 1.55 bits per heavy atom. The van der Waals surface area contributed by atoms with Gasteiger partial charge in [0.25, 0.3) is 0 Å². The van der Waals surface area contributed by atoms with Crippen molar-refractivity contribution in [1.29, 1.82) is 0 Å². The lowest BCUT2D eigenvalue weighted by atomic mass is 9.86. The summed E-state index contributed by atoms with van der Waals surface area (Å²) in [6.07, 6.45) is 0.916. The van der Waals surface area contributed by atoms with Crippen molar-refractivity contribution in [1.82, 2.24) is 4.90 Å². The first kappa shape index (κ1) is 22.9. The van der Waals surface area contributed by atoms with E-state index in [1.54, 1.807) is 28.4 Å². The molecule has 0 radical (unpaired) electrons. The van der Waals surface area contributed by atoms with E-state index < -0.39 is 0 Å². The largest absolute Gasteiger partial charge is 0.497 e. The normalized spacial score (nSPS) is 11.7. The van der Waals surface area contributed by atoms with E-state index in [-0.39, 0.29) is 11.5 Å². The van der Waals surface area contributed by atoms with E-state index in [9.17, 15) is 0 Å². The molecular weight excluding hydrogens is 366 g/mol. The van der Waals surface area contributed by atoms with Gasteiger partial charge >= 0.3 is 0 Å². The zero-order valence-corrected chi connectivity index (χ0v) is 19.0. The maximum absolute atomic E-state index is 5.72. The standard InChI is InChI=1S/C24H35NO4/c1-24(2,3)25(4)14-13-19(20-11-9-17(26-5)15-22(20)28-7)21-12-10-18(27-6)16-23(21)29-8/h9-12,15-16,19H,13-14H2,1-8H3. The molecular formula is C24H35NO4. The highest BCUT2D eigenvalue weighted by Crippen LogP contribution is 2.41. The van der Waals surface area contributed by atoms with Gasteiger partial charge in [-0.25, -0.2) is 0 Å². The Bertz CT molecular complexity index is 742. The fraction of sp³-hybridized carbons (Fsp3) is 0.500. The maximum atomic E-state index is 5.72. The first-order valence-electron chi connectivity index (χ1n) is 9.90. The molecule has 0 fully saturated rings. The zero-order valence-electron chi connectivity index (χ0n) is 19.0. The molecule has 0 amide bonds. The molecule has 0 N–H and O–H groups in total. The Morgan fingerprint density at radius 2 is 1.21 bits per heavy atom. The molecule has 0 heterocycles. The summed E-state index contributed by atoms with van der Waals surface area (Å²) in [6, 6.07) is 12.0. The Balaban J connectivity index is 2.52. The molecule has 0 spiro atoms. The Hall–Kier alpha value is -2.40. The van der Waals surface area contributed by atoms with Crippen LogP contribution in [0.5, 0.6) is 23.0 Å². The highest BCUT2D eigenvalue weighted by molar-refractivity contribution is 5.51. The number of nitrogens with zero attached hydrogens (tertiary/aromatic N) is 1. The van der Waals surface area contributed by atoms with E-state index in [4.69, 9.17) is 18.9 Å². The van der Waals surface area contributed by atoms with E-state index in [0.29, 0.717) is 0 Å². The van der Waals surface area contributed by atoms with Gasteiger partial charge in [0.1, 0.15) is 23.0 Å². The molecule has 29 heavy (non-hydrogen) atoms. The average molecular weight is 402 g/mol. The molecule has 5 nitrogen and oxygen atoms in total. The van der Waals surface area contributed by atoms with Gasteiger partial charge in [0.2, 0.25) is 0 Å². The van der Waals surface area contributed by atoms with Gasteiger partial charge < -0.3 is 23.8 Å². The first-order chi connectivity index (χ1) is 13.7. The number of hydrogen-bond donors (Lipinski definition) is 0. The van der Waals surface area contributed by atoms with Crippen LogP contribution in [0.2, 0.25) is 0 Å². The minimum atomic E-state index is 0.0958. The van der Waals surface area contributed by atoms with Gasteiger partial charge in [0, 0.05) is 34.7 Å². The molecule has 0 atom stereocenters. The number of hydrogen-bond acceptors (Lipinski definition) is 5. The van der Waals surface area contributed by atoms with Crippen molar-refractivity contribution in [3.63, 3.8) is 0 Å². The molecule has 2 aromatic carbocycles.